The van der Waals surface area contributed by atoms with Crippen LogP contribution in [-0.4, -0.2) is 15.0 Å². The van der Waals surface area contributed by atoms with Crippen LogP contribution in [0.3, 0.4) is 0 Å². The molecule has 0 amide bonds. The van der Waals surface area contributed by atoms with Crippen LogP contribution in [0.1, 0.15) is 5.69 Å². The molecule has 1 N–H and O–H groups in total. The van der Waals surface area contributed by atoms with Gasteiger partial charge in [-0.25, -0.2) is 9.97 Å². The third-order valence-corrected chi connectivity index (χ3v) is 3.24. The molecule has 0 aliphatic carbocycles. The van der Waals surface area contributed by atoms with E-state index in [-0.39, 0.29) is 17.3 Å². The van der Waals surface area contributed by atoms with E-state index in [1.807, 2.05) is 0 Å². The number of hydrogen-bond acceptors (Lipinski definition) is 4. The predicted molar refractivity (Wildman–Crippen MR) is 85.0 cm³/mol. The summed E-state index contributed by atoms with van der Waals surface area (Å²) in [6.45, 7) is 0. The maximum Gasteiger partial charge on any atom is 0.433 e. The van der Waals surface area contributed by atoms with Crippen molar-refractivity contribution in [2.45, 2.75) is 6.18 Å². The van der Waals surface area contributed by atoms with Crippen LogP contribution in [0.2, 0.25) is 5.02 Å². The number of pyridine rings is 1. The Hall–Kier alpha value is -2.67. The molecule has 0 saturated heterocycles. The summed E-state index contributed by atoms with van der Waals surface area (Å²) in [4.78, 5) is 11.7. The Morgan fingerprint density at radius 1 is 0.958 bits per heavy atom. The Labute approximate surface area is 140 Å². The molecule has 122 valence electrons. The van der Waals surface area contributed by atoms with Gasteiger partial charge in [-0.3, -0.25) is 4.98 Å². The first-order chi connectivity index (χ1) is 11.4. The molecule has 0 fully saturated rings. The Balaban J connectivity index is 2.05. The highest BCUT2D eigenvalue weighted by molar-refractivity contribution is 6.30. The zero-order valence-electron chi connectivity index (χ0n) is 12.0. The van der Waals surface area contributed by atoms with Gasteiger partial charge in [0.2, 0.25) is 0 Å². The summed E-state index contributed by atoms with van der Waals surface area (Å²) in [7, 11) is 0. The lowest BCUT2D eigenvalue weighted by Crippen LogP contribution is -2.11. The first-order valence-corrected chi connectivity index (χ1v) is 7.20. The fraction of sp³-hybridized carbons (Fsp3) is 0.0625. The van der Waals surface area contributed by atoms with E-state index >= 15 is 0 Å². The molecular weight excluding hydrogens is 341 g/mol. The zero-order valence-corrected chi connectivity index (χ0v) is 12.8. The van der Waals surface area contributed by atoms with Gasteiger partial charge in [-0.2, -0.15) is 13.2 Å². The van der Waals surface area contributed by atoms with E-state index in [4.69, 9.17) is 11.6 Å². The fourth-order valence-corrected chi connectivity index (χ4v) is 2.17. The number of hydrogen-bond donors (Lipinski definition) is 1. The van der Waals surface area contributed by atoms with Gasteiger partial charge < -0.3 is 5.32 Å². The van der Waals surface area contributed by atoms with Crippen molar-refractivity contribution in [2.75, 3.05) is 5.32 Å². The first kappa shape index (κ1) is 16.2. The van der Waals surface area contributed by atoms with E-state index in [9.17, 15) is 13.2 Å². The molecule has 24 heavy (non-hydrogen) atoms. The van der Waals surface area contributed by atoms with Crippen LogP contribution in [0.4, 0.5) is 24.7 Å². The summed E-state index contributed by atoms with van der Waals surface area (Å²) < 4.78 is 39.3. The third-order valence-electron chi connectivity index (χ3n) is 3.01. The SMILES string of the molecule is FC(F)(F)c1cc(Nc2cccc(Cl)c2)nc(-c2ccccn2)n1. The second kappa shape index (κ2) is 6.45. The molecular formula is C16H10ClF3N4. The molecule has 3 rings (SSSR count). The van der Waals surface area contributed by atoms with Gasteiger partial charge in [-0.05, 0) is 30.3 Å². The smallest absolute Gasteiger partial charge is 0.340 e. The molecule has 0 unspecified atom stereocenters. The molecule has 0 radical (unpaired) electrons. The minimum atomic E-state index is -4.60. The normalized spacial score (nSPS) is 11.3. The Bertz CT molecular complexity index is 853. The average Bonchev–Trinajstić information content (AvgIpc) is 2.54. The fourth-order valence-electron chi connectivity index (χ4n) is 1.98. The summed E-state index contributed by atoms with van der Waals surface area (Å²) in [5.41, 5.74) is -0.290. The summed E-state index contributed by atoms with van der Waals surface area (Å²) in [5.74, 6) is -0.116. The van der Waals surface area contributed by atoms with Crippen molar-refractivity contribution < 1.29 is 13.2 Å². The Morgan fingerprint density at radius 3 is 2.46 bits per heavy atom. The van der Waals surface area contributed by atoms with Crippen molar-refractivity contribution in [1.29, 1.82) is 0 Å². The molecule has 0 atom stereocenters. The molecule has 4 nitrogen and oxygen atoms in total. The van der Waals surface area contributed by atoms with Crippen molar-refractivity contribution >= 4 is 23.1 Å². The third kappa shape index (κ3) is 3.80. The molecule has 0 bridgehead atoms. The van der Waals surface area contributed by atoms with Crippen molar-refractivity contribution in [1.82, 2.24) is 15.0 Å². The molecule has 1 aromatic carbocycles. The second-order valence-electron chi connectivity index (χ2n) is 4.81. The maximum absolute atomic E-state index is 13.1. The Morgan fingerprint density at radius 2 is 1.79 bits per heavy atom. The molecule has 0 aliphatic rings. The molecule has 3 aromatic rings. The summed E-state index contributed by atoms with van der Waals surface area (Å²) >= 11 is 5.88. The number of benzene rings is 1. The molecule has 8 heteroatoms. The number of nitrogens with one attached hydrogen (secondary N) is 1. The van der Waals surface area contributed by atoms with Crippen molar-refractivity contribution in [3.8, 4) is 11.5 Å². The summed E-state index contributed by atoms with van der Waals surface area (Å²) in [5, 5.41) is 3.26. The molecule has 0 saturated carbocycles. The van der Waals surface area contributed by atoms with E-state index in [2.05, 4.69) is 20.3 Å². The van der Waals surface area contributed by atoms with Crippen LogP contribution in [0, 0.1) is 0 Å². The highest BCUT2D eigenvalue weighted by Crippen LogP contribution is 2.31. The molecule has 2 aromatic heterocycles. The first-order valence-electron chi connectivity index (χ1n) is 6.82. The molecule has 0 aliphatic heterocycles. The van der Waals surface area contributed by atoms with Crippen LogP contribution in [-0.2, 0) is 6.18 Å². The van der Waals surface area contributed by atoms with Crippen LogP contribution in [0.25, 0.3) is 11.5 Å². The Kier molecular flexibility index (Phi) is 4.35. The van der Waals surface area contributed by atoms with Gasteiger partial charge in [0.1, 0.15) is 11.5 Å². The number of rotatable bonds is 3. The highest BCUT2D eigenvalue weighted by Gasteiger charge is 2.34. The van der Waals surface area contributed by atoms with Crippen LogP contribution in [0.15, 0.2) is 54.7 Å². The largest absolute Gasteiger partial charge is 0.433 e. The second-order valence-corrected chi connectivity index (χ2v) is 5.25. The van der Waals surface area contributed by atoms with Gasteiger partial charge >= 0.3 is 6.18 Å². The topological polar surface area (TPSA) is 50.7 Å². The van der Waals surface area contributed by atoms with Gasteiger partial charge in [-0.15, -0.1) is 0 Å². The van der Waals surface area contributed by atoms with Crippen LogP contribution in [0.5, 0.6) is 0 Å². The van der Waals surface area contributed by atoms with Gasteiger partial charge in [0.15, 0.2) is 11.5 Å². The minimum absolute atomic E-state index is 0.000227. The highest BCUT2D eigenvalue weighted by atomic mass is 35.5. The van der Waals surface area contributed by atoms with Gasteiger partial charge in [0, 0.05) is 23.0 Å². The number of nitrogens with zero attached hydrogens (tertiary/aromatic N) is 3. The number of halogens is 4. The van der Waals surface area contributed by atoms with Gasteiger partial charge in [-0.1, -0.05) is 23.7 Å². The predicted octanol–water partition coefficient (Wildman–Crippen LogP) is 4.95. The summed E-state index contributed by atoms with van der Waals surface area (Å²) in [6.07, 6.45) is -3.14. The summed E-state index contributed by atoms with van der Waals surface area (Å²) in [6, 6.07) is 12.3. The monoisotopic (exact) mass is 350 g/mol. The van der Waals surface area contributed by atoms with E-state index < -0.39 is 11.9 Å². The number of alkyl halides is 3. The average molecular weight is 351 g/mol. The van der Waals surface area contributed by atoms with Gasteiger partial charge in [0.25, 0.3) is 0 Å². The number of aromatic nitrogens is 3. The molecule has 0 spiro atoms. The van der Waals surface area contributed by atoms with Crippen LogP contribution < -0.4 is 5.32 Å². The lowest BCUT2D eigenvalue weighted by atomic mass is 10.3. The van der Waals surface area contributed by atoms with E-state index in [1.165, 1.54) is 6.20 Å². The van der Waals surface area contributed by atoms with Gasteiger partial charge in [0.05, 0.1) is 0 Å². The maximum atomic E-state index is 13.1. The van der Waals surface area contributed by atoms with E-state index in [1.54, 1.807) is 42.5 Å². The minimum Gasteiger partial charge on any atom is -0.340 e. The molecule has 2 heterocycles. The van der Waals surface area contributed by atoms with Crippen LogP contribution >= 0.6 is 11.6 Å². The lowest BCUT2D eigenvalue weighted by Gasteiger charge is -2.12. The lowest BCUT2D eigenvalue weighted by molar-refractivity contribution is -0.141. The van der Waals surface area contributed by atoms with E-state index in [0.29, 0.717) is 10.7 Å². The van der Waals surface area contributed by atoms with Crippen molar-refractivity contribution in [3.05, 3.63) is 65.4 Å². The van der Waals surface area contributed by atoms with Crippen molar-refractivity contribution in [3.63, 3.8) is 0 Å². The van der Waals surface area contributed by atoms with E-state index in [0.717, 1.165) is 6.07 Å². The number of anilines is 2. The van der Waals surface area contributed by atoms with Crippen molar-refractivity contribution in [2.24, 2.45) is 0 Å². The standard InChI is InChI=1S/C16H10ClF3N4/c17-10-4-3-5-11(8-10)22-14-9-13(16(18,19)20)23-15(24-14)12-6-1-2-7-21-12/h1-9H,(H,22,23,24). The quantitative estimate of drug-likeness (QED) is 0.725. The zero-order chi connectivity index (χ0) is 17.2.